The molecule has 0 radical (unpaired) electrons. The molecule has 0 rings (SSSR count). The molecule has 100 valence electrons. The molecular weight excluding hydrogens is 284 g/mol. The molecule has 0 spiro atoms. The van der Waals surface area contributed by atoms with E-state index in [-0.39, 0.29) is 0 Å². The minimum atomic E-state index is -4.64. The Balaban J connectivity index is 5.17. The van der Waals surface area contributed by atoms with Crippen molar-refractivity contribution in [1.29, 1.82) is 0 Å². The van der Waals surface area contributed by atoms with Crippen LogP contribution in [0, 0.1) is 10.5 Å². The number of hydrogen-bond acceptors (Lipinski definition) is 5. The molecular formula is C8H16O6S2Si. The largest absolute Gasteiger partial charge is 0.336 e. The second-order valence-corrected chi connectivity index (χ2v) is 10.9. The molecule has 17 heavy (non-hydrogen) atoms. The van der Waals surface area contributed by atoms with Gasteiger partial charge in [0.25, 0.3) is 0 Å². The summed E-state index contributed by atoms with van der Waals surface area (Å²) in [4.78, 5) is 0. The first-order chi connectivity index (χ1) is 7.60. The molecule has 0 aliphatic rings. The van der Waals surface area contributed by atoms with Gasteiger partial charge in [-0.15, -0.1) is 0 Å². The molecule has 0 bridgehead atoms. The zero-order valence-corrected chi connectivity index (χ0v) is 12.6. The molecule has 0 aromatic heterocycles. The van der Waals surface area contributed by atoms with E-state index in [1.54, 1.807) is 0 Å². The Bertz CT molecular complexity index is 498. The number of hydrogen-bond donors (Lipinski definition) is 1. The summed E-state index contributed by atoms with van der Waals surface area (Å²) in [7, 11) is -11.3. The topological polar surface area (TPSA) is 97.7 Å². The van der Waals surface area contributed by atoms with Crippen molar-refractivity contribution in [3.63, 3.8) is 0 Å². The molecule has 0 heterocycles. The summed E-state index contributed by atoms with van der Waals surface area (Å²) in [5, 5.41) is 2.70. The molecule has 9 heteroatoms. The fourth-order valence-corrected chi connectivity index (χ4v) is 7.06. The molecule has 0 atom stereocenters. The molecule has 0 aliphatic heterocycles. The van der Waals surface area contributed by atoms with Gasteiger partial charge in [-0.1, -0.05) is 20.8 Å². The molecule has 0 aromatic carbocycles. The number of rotatable bonds is 5. The fraction of sp³-hybridized carbons (Fsp3) is 0.750. The highest BCUT2D eigenvalue weighted by molar-refractivity contribution is 7.95. The average molecular weight is 300 g/mol. The summed E-state index contributed by atoms with van der Waals surface area (Å²) in [5.74, 6) is 0. The van der Waals surface area contributed by atoms with Crippen molar-refractivity contribution in [2.24, 2.45) is 0 Å². The van der Waals surface area contributed by atoms with Crippen molar-refractivity contribution >= 4 is 28.6 Å². The normalized spacial score (nSPS) is 12.9. The van der Waals surface area contributed by atoms with Gasteiger partial charge in [0, 0.05) is 0 Å². The monoisotopic (exact) mass is 300 g/mol. The fourth-order valence-electron chi connectivity index (χ4n) is 1.28. The lowest BCUT2D eigenvalue weighted by atomic mass is 10.9. The van der Waals surface area contributed by atoms with Gasteiger partial charge >= 0.3 is 20.2 Å². The van der Waals surface area contributed by atoms with Gasteiger partial charge in [0.1, 0.15) is 0 Å². The van der Waals surface area contributed by atoms with Gasteiger partial charge in [-0.25, -0.2) is 0 Å². The SMILES string of the molecule is CC[Si](CC)(CC)OS(=O)(=O)C#CS(=O)(=O)O. The third kappa shape index (κ3) is 6.18. The van der Waals surface area contributed by atoms with Crippen LogP contribution in [0.1, 0.15) is 20.8 Å². The van der Waals surface area contributed by atoms with E-state index in [0.717, 1.165) is 0 Å². The minimum absolute atomic E-state index is 0.590. The molecule has 6 nitrogen and oxygen atoms in total. The van der Waals surface area contributed by atoms with E-state index in [4.69, 9.17) is 8.42 Å². The Morgan fingerprint density at radius 1 is 1.00 bits per heavy atom. The summed E-state index contributed by atoms with van der Waals surface area (Å²) in [6.07, 6.45) is 0. The highest BCUT2D eigenvalue weighted by Crippen LogP contribution is 2.23. The van der Waals surface area contributed by atoms with Crippen molar-refractivity contribution in [3.05, 3.63) is 0 Å². The maximum Gasteiger partial charge on any atom is 0.336 e. The zero-order chi connectivity index (χ0) is 13.7. The highest BCUT2D eigenvalue weighted by atomic mass is 32.2. The maximum atomic E-state index is 11.4. The summed E-state index contributed by atoms with van der Waals surface area (Å²) >= 11 is 0. The lowest BCUT2D eigenvalue weighted by Crippen LogP contribution is -2.37. The van der Waals surface area contributed by atoms with Crippen LogP contribution in [0.2, 0.25) is 18.1 Å². The van der Waals surface area contributed by atoms with E-state index in [0.29, 0.717) is 18.1 Å². The molecule has 0 aliphatic carbocycles. The first-order valence-corrected chi connectivity index (χ1v) is 10.4. The van der Waals surface area contributed by atoms with Crippen molar-refractivity contribution in [3.8, 4) is 10.5 Å². The van der Waals surface area contributed by atoms with Crippen LogP contribution in [-0.4, -0.2) is 29.7 Å². The van der Waals surface area contributed by atoms with Crippen LogP contribution >= 0.6 is 0 Å². The highest BCUT2D eigenvalue weighted by Gasteiger charge is 2.34. The van der Waals surface area contributed by atoms with Gasteiger partial charge in [0.15, 0.2) is 0 Å². The molecule has 0 fully saturated rings. The molecule has 0 saturated carbocycles. The molecule has 0 saturated heterocycles. The van der Waals surface area contributed by atoms with Crippen LogP contribution in [0.25, 0.3) is 0 Å². The van der Waals surface area contributed by atoms with Crippen molar-refractivity contribution in [1.82, 2.24) is 0 Å². The van der Waals surface area contributed by atoms with Crippen molar-refractivity contribution in [2.75, 3.05) is 0 Å². The van der Waals surface area contributed by atoms with Crippen LogP contribution in [0.4, 0.5) is 0 Å². The zero-order valence-electron chi connectivity index (χ0n) is 9.93. The van der Waals surface area contributed by atoms with Gasteiger partial charge in [-0.3, -0.25) is 4.55 Å². The molecule has 0 unspecified atom stereocenters. The van der Waals surface area contributed by atoms with Crippen molar-refractivity contribution < 1.29 is 25.3 Å². The third-order valence-corrected chi connectivity index (χ3v) is 9.51. The van der Waals surface area contributed by atoms with Gasteiger partial charge < -0.3 is 3.87 Å². The minimum Gasteiger partial charge on any atom is -0.305 e. The predicted octanol–water partition coefficient (Wildman–Crippen LogP) is 1.14. The Morgan fingerprint density at radius 3 is 1.71 bits per heavy atom. The quantitative estimate of drug-likeness (QED) is 0.464. The Labute approximate surface area is 103 Å². The Morgan fingerprint density at radius 2 is 1.41 bits per heavy atom. The third-order valence-electron chi connectivity index (χ3n) is 2.52. The molecule has 0 aromatic rings. The molecule has 1 N–H and O–H groups in total. The second-order valence-electron chi connectivity index (χ2n) is 3.46. The van der Waals surface area contributed by atoms with E-state index in [1.807, 2.05) is 20.8 Å². The summed E-state index contributed by atoms with van der Waals surface area (Å²) in [6.45, 7) is 5.47. The van der Waals surface area contributed by atoms with Crippen LogP contribution < -0.4 is 0 Å². The van der Waals surface area contributed by atoms with E-state index in [9.17, 15) is 16.8 Å². The van der Waals surface area contributed by atoms with Crippen molar-refractivity contribution in [2.45, 2.75) is 38.9 Å². The Hall–Kier alpha value is -0.403. The van der Waals surface area contributed by atoms with Crippen LogP contribution in [0.15, 0.2) is 0 Å². The lowest BCUT2D eigenvalue weighted by molar-refractivity contribution is 0.485. The maximum absolute atomic E-state index is 11.4. The van der Waals surface area contributed by atoms with Crippen LogP contribution in [0.5, 0.6) is 0 Å². The predicted molar refractivity (Wildman–Crippen MR) is 66.5 cm³/mol. The van der Waals surface area contributed by atoms with Gasteiger partial charge in [-0.2, -0.15) is 16.8 Å². The summed E-state index contributed by atoms with van der Waals surface area (Å²) in [6, 6.07) is 1.77. The van der Waals surface area contributed by atoms with Gasteiger partial charge in [-0.05, 0) is 18.1 Å². The standard InChI is InChI=1S/C8H16O6S2Si/c1-4-17(5-2,6-3)14-16(12,13)8-7-15(9,10)11/h4-6H2,1-3H3,(H,9,10,11). The first kappa shape index (κ1) is 16.6. The Kier molecular flexibility index (Phi) is 5.83. The first-order valence-electron chi connectivity index (χ1n) is 5.06. The van der Waals surface area contributed by atoms with E-state index in [1.165, 1.54) is 10.5 Å². The lowest BCUT2D eigenvalue weighted by Gasteiger charge is -2.25. The summed E-state index contributed by atoms with van der Waals surface area (Å²) < 4.78 is 56.9. The smallest absolute Gasteiger partial charge is 0.305 e. The molecule has 0 amide bonds. The van der Waals surface area contributed by atoms with Crippen LogP contribution in [-0.2, 0) is 24.1 Å². The van der Waals surface area contributed by atoms with Gasteiger partial charge in [0.05, 0.1) is 10.5 Å². The summed E-state index contributed by atoms with van der Waals surface area (Å²) in [5.41, 5.74) is 0. The van der Waals surface area contributed by atoms with E-state index in [2.05, 4.69) is 0 Å². The van der Waals surface area contributed by atoms with E-state index >= 15 is 0 Å². The van der Waals surface area contributed by atoms with E-state index < -0.39 is 28.6 Å². The second kappa shape index (κ2) is 5.97. The van der Waals surface area contributed by atoms with Gasteiger partial charge in [0.2, 0.25) is 8.32 Å². The average Bonchev–Trinajstić information content (AvgIpc) is 2.23. The van der Waals surface area contributed by atoms with Crippen LogP contribution in [0.3, 0.4) is 0 Å².